The molecule has 0 N–H and O–H groups in total. The van der Waals surface area contributed by atoms with Gasteiger partial charge in [0.05, 0.1) is 27.8 Å². The summed E-state index contributed by atoms with van der Waals surface area (Å²) in [4.78, 5) is 68.3. The Kier molecular flexibility index (Phi) is 13.7. The maximum Gasteiger partial charge on any atom is 0.340 e. The molecule has 6 rings (SSSR count). The quantitative estimate of drug-likeness (QED) is 0.0926. The Morgan fingerprint density at radius 2 is 0.737 bits per heavy atom. The summed E-state index contributed by atoms with van der Waals surface area (Å²) in [6.07, 6.45) is -8.90. The van der Waals surface area contributed by atoms with Crippen molar-refractivity contribution in [2.24, 2.45) is 0 Å². The number of carbonyl (C=O) groups excluding carboxylic acids is 5. The highest BCUT2D eigenvalue weighted by Crippen LogP contribution is 2.33. The zero-order valence-electron chi connectivity index (χ0n) is 29.0. The number of benzene rings is 5. The first-order valence-corrected chi connectivity index (χ1v) is 18.7. The van der Waals surface area contributed by atoms with Gasteiger partial charge in [-0.1, -0.05) is 88.3 Å². The van der Waals surface area contributed by atoms with Crippen LogP contribution in [0.3, 0.4) is 0 Å². The SMILES string of the molecule is O=C(OC[C@H]1OC(OC(=O)c2cccc(Cl)c2)[C@H](OC(=O)c2cccc(Cl)c2)[C@@H](OC(=O)c2cccc(Cl)c2)[C@@H]1OC(=O)c1cccc(Cl)c1)c1cccc(Cl)c1. The molecule has 0 amide bonds. The van der Waals surface area contributed by atoms with Gasteiger partial charge in [-0.2, -0.15) is 0 Å². The Labute approximate surface area is 350 Å². The van der Waals surface area contributed by atoms with Crippen molar-refractivity contribution >= 4 is 87.9 Å². The second kappa shape index (κ2) is 18.9. The van der Waals surface area contributed by atoms with Crippen LogP contribution in [0.2, 0.25) is 25.1 Å². The molecule has 5 aromatic carbocycles. The minimum Gasteiger partial charge on any atom is -0.459 e. The number of rotatable bonds is 11. The minimum absolute atomic E-state index is 0.0286. The van der Waals surface area contributed by atoms with E-state index in [2.05, 4.69) is 0 Å². The Morgan fingerprint density at radius 3 is 1.11 bits per heavy atom. The molecule has 1 aliphatic heterocycles. The molecule has 1 unspecified atom stereocenters. The fourth-order valence-corrected chi connectivity index (χ4v) is 6.53. The van der Waals surface area contributed by atoms with E-state index in [-0.39, 0.29) is 52.9 Å². The fraction of sp³-hybridized carbons (Fsp3) is 0.146. The van der Waals surface area contributed by atoms with Gasteiger partial charge in [0.2, 0.25) is 12.4 Å². The van der Waals surface area contributed by atoms with Gasteiger partial charge in [-0.25, -0.2) is 24.0 Å². The summed E-state index contributed by atoms with van der Waals surface area (Å²) in [5.74, 6) is -4.91. The molecule has 0 spiro atoms. The summed E-state index contributed by atoms with van der Waals surface area (Å²) in [5.41, 5.74) is -0.0967. The number of hydrogen-bond donors (Lipinski definition) is 0. The van der Waals surface area contributed by atoms with Crippen LogP contribution in [0.5, 0.6) is 0 Å². The predicted molar refractivity (Wildman–Crippen MR) is 209 cm³/mol. The summed E-state index contributed by atoms with van der Waals surface area (Å²) >= 11 is 30.7. The third-order valence-corrected chi connectivity index (χ3v) is 9.40. The lowest BCUT2D eigenvalue weighted by atomic mass is 9.97. The highest BCUT2D eigenvalue weighted by atomic mass is 35.5. The van der Waals surface area contributed by atoms with Gasteiger partial charge in [0.15, 0.2) is 12.2 Å². The molecule has 1 fully saturated rings. The third-order valence-electron chi connectivity index (χ3n) is 8.22. The van der Waals surface area contributed by atoms with Gasteiger partial charge in [-0.15, -0.1) is 0 Å². The van der Waals surface area contributed by atoms with E-state index in [9.17, 15) is 24.0 Å². The second-order valence-electron chi connectivity index (χ2n) is 12.2. The zero-order chi connectivity index (χ0) is 40.6. The molecule has 5 aromatic rings. The van der Waals surface area contributed by atoms with Crippen LogP contribution in [-0.4, -0.2) is 67.2 Å². The van der Waals surface area contributed by atoms with Crippen LogP contribution in [0.25, 0.3) is 0 Å². The van der Waals surface area contributed by atoms with Crippen molar-refractivity contribution in [2.45, 2.75) is 30.7 Å². The van der Waals surface area contributed by atoms with Gasteiger partial charge in [0, 0.05) is 25.1 Å². The van der Waals surface area contributed by atoms with Crippen molar-refractivity contribution in [3.05, 3.63) is 174 Å². The molecule has 292 valence electrons. The number of hydrogen-bond acceptors (Lipinski definition) is 11. The van der Waals surface area contributed by atoms with Crippen LogP contribution < -0.4 is 0 Å². The molecule has 16 heteroatoms. The molecule has 1 heterocycles. The normalized spacial score (nSPS) is 18.8. The van der Waals surface area contributed by atoms with Crippen LogP contribution in [0, 0.1) is 0 Å². The van der Waals surface area contributed by atoms with Crippen LogP contribution >= 0.6 is 58.0 Å². The lowest BCUT2D eigenvalue weighted by Crippen LogP contribution is -2.63. The fourth-order valence-electron chi connectivity index (χ4n) is 5.58. The van der Waals surface area contributed by atoms with Crippen LogP contribution in [0.1, 0.15) is 51.8 Å². The predicted octanol–water partition coefficient (Wildman–Crippen LogP) is 9.37. The summed E-state index contributed by atoms with van der Waals surface area (Å²) in [5, 5.41) is 1.01. The molecule has 0 radical (unpaired) electrons. The first kappa shape index (κ1) is 41.5. The number of esters is 5. The zero-order valence-corrected chi connectivity index (χ0v) is 32.8. The van der Waals surface area contributed by atoms with Gasteiger partial charge < -0.3 is 28.4 Å². The summed E-state index contributed by atoms with van der Waals surface area (Å²) < 4.78 is 35.4. The van der Waals surface area contributed by atoms with Crippen LogP contribution in [0.4, 0.5) is 0 Å². The van der Waals surface area contributed by atoms with E-state index in [4.69, 9.17) is 86.4 Å². The Morgan fingerprint density at radius 1 is 0.421 bits per heavy atom. The van der Waals surface area contributed by atoms with E-state index in [0.29, 0.717) is 0 Å². The van der Waals surface area contributed by atoms with Crippen LogP contribution in [0.15, 0.2) is 121 Å². The highest BCUT2D eigenvalue weighted by Gasteiger charge is 2.55. The molecule has 0 saturated carbocycles. The standard InChI is InChI=1S/C41H27Cl5O11/c42-27-11-1-6-22(16-27)36(47)52-21-32-33(54-37(48)23-7-2-12-28(43)17-23)34(55-38(49)24-8-3-13-29(44)18-24)35(56-39(50)25-9-4-14-30(45)19-25)41(53-32)57-40(51)26-10-5-15-31(46)20-26/h1-20,32-35,41H,21H2/t32-,33-,34+,35-,41?/m1/s1. The molecule has 5 atom stereocenters. The molecule has 57 heavy (non-hydrogen) atoms. The van der Waals surface area contributed by atoms with E-state index in [1.54, 1.807) is 6.07 Å². The third kappa shape index (κ3) is 10.8. The van der Waals surface area contributed by atoms with Gasteiger partial charge >= 0.3 is 29.8 Å². The molecular weight excluding hydrogens is 846 g/mol. The van der Waals surface area contributed by atoms with Crippen molar-refractivity contribution in [1.29, 1.82) is 0 Å². The maximum absolute atomic E-state index is 13.9. The molecule has 0 aromatic heterocycles. The lowest BCUT2D eigenvalue weighted by molar-refractivity contribution is -0.282. The highest BCUT2D eigenvalue weighted by molar-refractivity contribution is 6.32. The molecule has 0 aliphatic carbocycles. The monoisotopic (exact) mass is 870 g/mol. The van der Waals surface area contributed by atoms with Gasteiger partial charge in [-0.3, -0.25) is 0 Å². The van der Waals surface area contributed by atoms with Crippen molar-refractivity contribution in [1.82, 2.24) is 0 Å². The first-order chi connectivity index (χ1) is 27.3. The Balaban J connectivity index is 1.45. The molecular formula is C41H27Cl5O11. The van der Waals surface area contributed by atoms with Crippen molar-refractivity contribution in [3.63, 3.8) is 0 Å². The lowest BCUT2D eigenvalue weighted by Gasteiger charge is -2.43. The van der Waals surface area contributed by atoms with E-state index in [1.165, 1.54) is 115 Å². The molecule has 1 saturated heterocycles. The summed E-state index contributed by atoms with van der Waals surface area (Å²) in [7, 11) is 0. The summed E-state index contributed by atoms with van der Waals surface area (Å²) in [6, 6.07) is 28.8. The largest absolute Gasteiger partial charge is 0.459 e. The maximum atomic E-state index is 13.9. The van der Waals surface area contributed by atoms with E-state index < -0.39 is 67.2 Å². The summed E-state index contributed by atoms with van der Waals surface area (Å²) in [6.45, 7) is -0.690. The average Bonchev–Trinajstić information content (AvgIpc) is 3.19. The minimum atomic E-state index is -1.91. The van der Waals surface area contributed by atoms with Crippen molar-refractivity contribution < 1.29 is 52.4 Å². The van der Waals surface area contributed by atoms with Gasteiger partial charge in [0.1, 0.15) is 12.7 Å². The Hall–Kier alpha value is -5.14. The molecule has 11 nitrogen and oxygen atoms in total. The van der Waals surface area contributed by atoms with E-state index in [1.807, 2.05) is 0 Å². The van der Waals surface area contributed by atoms with Crippen LogP contribution in [-0.2, 0) is 28.4 Å². The number of carbonyl (C=O) groups is 5. The molecule has 0 bridgehead atoms. The van der Waals surface area contributed by atoms with E-state index in [0.717, 1.165) is 0 Å². The number of ether oxygens (including phenoxy) is 6. The van der Waals surface area contributed by atoms with E-state index >= 15 is 0 Å². The first-order valence-electron chi connectivity index (χ1n) is 16.8. The average molecular weight is 873 g/mol. The van der Waals surface area contributed by atoms with Crippen molar-refractivity contribution in [2.75, 3.05) is 6.61 Å². The number of halogens is 5. The van der Waals surface area contributed by atoms with Gasteiger partial charge in [0.25, 0.3) is 0 Å². The van der Waals surface area contributed by atoms with Crippen molar-refractivity contribution in [3.8, 4) is 0 Å². The topological polar surface area (TPSA) is 141 Å². The molecule has 1 aliphatic rings. The second-order valence-corrected chi connectivity index (χ2v) is 14.4. The van der Waals surface area contributed by atoms with Gasteiger partial charge in [-0.05, 0) is 91.0 Å². The smallest absolute Gasteiger partial charge is 0.340 e. The Bertz CT molecular complexity index is 2320.